The van der Waals surface area contributed by atoms with Crippen LogP contribution in [-0.2, 0) is 23.8 Å². The van der Waals surface area contributed by atoms with E-state index in [0.29, 0.717) is 16.7 Å². The van der Waals surface area contributed by atoms with Crippen molar-refractivity contribution in [2.24, 2.45) is 11.8 Å². The van der Waals surface area contributed by atoms with E-state index in [-0.39, 0.29) is 64.8 Å². The van der Waals surface area contributed by atoms with E-state index in [2.05, 4.69) is 0 Å². The minimum absolute atomic E-state index is 0.0308. The molecule has 0 bridgehead atoms. The number of phenolic OH excluding ortho intramolecular Hbond substituents is 3. The first-order chi connectivity index (χ1) is 20.7. The normalized spacial score (nSPS) is 21.0. The highest BCUT2D eigenvalue weighted by molar-refractivity contribution is 5.89. The standard InChI is InChI=1S/C32H32O11/c1-5-41-26(34)9-6-16-10-19(28(35)24(11-16)39-3)20-12-18(14-25(40-4)29(20)36)31-27-21(15-42-31)30(43-32(27)37)17-7-8-22(33)23(13-17)38-2/h6-14,21,27,30-31,33,35-36H,5,15H2,1-4H3/b9-6+/t21-,27-,30+,31+/m0/s1. The van der Waals surface area contributed by atoms with E-state index in [9.17, 15) is 24.9 Å². The van der Waals surface area contributed by atoms with Gasteiger partial charge in [-0.1, -0.05) is 6.07 Å². The summed E-state index contributed by atoms with van der Waals surface area (Å²) in [5.74, 6) is -2.08. The lowest BCUT2D eigenvalue weighted by molar-refractivity contribution is -0.148. The molecule has 0 amide bonds. The molecule has 11 nitrogen and oxygen atoms in total. The molecule has 2 aliphatic heterocycles. The van der Waals surface area contributed by atoms with E-state index in [1.807, 2.05) is 0 Å². The van der Waals surface area contributed by atoms with E-state index in [1.54, 1.807) is 37.3 Å². The smallest absolute Gasteiger partial charge is 0.330 e. The first-order valence-electron chi connectivity index (χ1n) is 13.6. The average Bonchev–Trinajstić information content (AvgIpc) is 3.58. The van der Waals surface area contributed by atoms with Crippen molar-refractivity contribution in [2.45, 2.75) is 19.1 Å². The van der Waals surface area contributed by atoms with Gasteiger partial charge in [-0.2, -0.15) is 0 Å². The van der Waals surface area contributed by atoms with E-state index in [4.69, 9.17) is 28.4 Å². The third kappa shape index (κ3) is 5.51. The molecule has 3 aromatic carbocycles. The topological polar surface area (TPSA) is 150 Å². The predicted octanol–water partition coefficient (Wildman–Crippen LogP) is 4.67. The quantitative estimate of drug-likeness (QED) is 0.235. The lowest BCUT2D eigenvalue weighted by atomic mass is 9.83. The molecule has 2 heterocycles. The minimum Gasteiger partial charge on any atom is -0.504 e. The number of esters is 2. The van der Waals surface area contributed by atoms with Gasteiger partial charge in [-0.3, -0.25) is 4.79 Å². The van der Waals surface area contributed by atoms with Gasteiger partial charge >= 0.3 is 11.9 Å². The molecule has 43 heavy (non-hydrogen) atoms. The number of carbonyl (C=O) groups excluding carboxylic acids is 2. The molecule has 11 heteroatoms. The molecular weight excluding hydrogens is 560 g/mol. The van der Waals surface area contributed by atoms with Crippen LogP contribution in [0.25, 0.3) is 17.2 Å². The highest BCUT2D eigenvalue weighted by Gasteiger charge is 2.54. The number of cyclic esters (lactones) is 1. The number of methoxy groups -OCH3 is 3. The molecule has 226 valence electrons. The van der Waals surface area contributed by atoms with Gasteiger partial charge in [0.05, 0.1) is 46.6 Å². The van der Waals surface area contributed by atoms with Crippen molar-refractivity contribution < 1.29 is 53.3 Å². The van der Waals surface area contributed by atoms with Crippen LogP contribution >= 0.6 is 0 Å². The van der Waals surface area contributed by atoms with Crippen molar-refractivity contribution in [1.29, 1.82) is 0 Å². The van der Waals surface area contributed by atoms with Gasteiger partial charge in [-0.25, -0.2) is 4.79 Å². The second kappa shape index (κ2) is 12.1. The van der Waals surface area contributed by atoms with Gasteiger partial charge in [0.2, 0.25) is 0 Å². The van der Waals surface area contributed by atoms with Crippen LogP contribution in [0, 0.1) is 11.8 Å². The van der Waals surface area contributed by atoms with Gasteiger partial charge in [0, 0.05) is 23.1 Å². The Bertz CT molecular complexity index is 1580. The zero-order valence-electron chi connectivity index (χ0n) is 24.0. The molecule has 0 radical (unpaired) electrons. The summed E-state index contributed by atoms with van der Waals surface area (Å²) in [6.45, 7) is 2.12. The summed E-state index contributed by atoms with van der Waals surface area (Å²) >= 11 is 0. The van der Waals surface area contributed by atoms with Crippen LogP contribution in [0.1, 0.15) is 35.8 Å². The van der Waals surface area contributed by atoms with Gasteiger partial charge in [-0.15, -0.1) is 0 Å². The molecular formula is C32H32O11. The summed E-state index contributed by atoms with van der Waals surface area (Å²) in [5.41, 5.74) is 2.05. The van der Waals surface area contributed by atoms with Crippen LogP contribution in [0.4, 0.5) is 0 Å². The predicted molar refractivity (Wildman–Crippen MR) is 153 cm³/mol. The maximum atomic E-state index is 13.2. The zero-order chi connectivity index (χ0) is 30.8. The van der Waals surface area contributed by atoms with E-state index < -0.39 is 30.1 Å². The number of aromatic hydroxyl groups is 3. The Balaban J connectivity index is 1.54. The van der Waals surface area contributed by atoms with Crippen LogP contribution in [0.5, 0.6) is 34.5 Å². The molecule has 4 atom stereocenters. The summed E-state index contributed by atoms with van der Waals surface area (Å²) < 4.78 is 32.9. The van der Waals surface area contributed by atoms with Crippen molar-refractivity contribution in [3.8, 4) is 45.6 Å². The molecule has 0 unspecified atom stereocenters. The Morgan fingerprint density at radius 1 is 0.884 bits per heavy atom. The van der Waals surface area contributed by atoms with Crippen LogP contribution < -0.4 is 14.2 Å². The van der Waals surface area contributed by atoms with Gasteiger partial charge in [-0.05, 0) is 66.1 Å². The van der Waals surface area contributed by atoms with Crippen LogP contribution in [0.15, 0.2) is 48.5 Å². The third-order valence-corrected chi connectivity index (χ3v) is 7.64. The SMILES string of the molecule is CCOC(=O)/C=C/c1cc(OC)c(O)c(-c2cc([C@H]3OC[C@H]4[C@@H]3C(=O)O[C@@H]4c3ccc(O)c(OC)c3)cc(OC)c2O)c1. The van der Waals surface area contributed by atoms with Crippen LogP contribution in [-0.4, -0.2) is 61.8 Å². The zero-order valence-corrected chi connectivity index (χ0v) is 24.0. The van der Waals surface area contributed by atoms with Gasteiger partial charge in [0.25, 0.3) is 0 Å². The Labute approximate surface area is 247 Å². The minimum atomic E-state index is -0.745. The number of fused-ring (bicyclic) bond motifs is 1. The second-order valence-electron chi connectivity index (χ2n) is 10.1. The van der Waals surface area contributed by atoms with E-state index in [1.165, 1.54) is 45.6 Å². The fourth-order valence-corrected chi connectivity index (χ4v) is 5.60. The summed E-state index contributed by atoms with van der Waals surface area (Å²) in [4.78, 5) is 25.1. The molecule has 0 spiro atoms. The Kier molecular flexibility index (Phi) is 8.36. The lowest BCUT2D eigenvalue weighted by Gasteiger charge is -2.20. The largest absolute Gasteiger partial charge is 0.504 e. The van der Waals surface area contributed by atoms with Crippen molar-refractivity contribution in [3.63, 3.8) is 0 Å². The average molecular weight is 593 g/mol. The number of ether oxygens (including phenoxy) is 6. The first kappa shape index (κ1) is 29.6. The maximum absolute atomic E-state index is 13.2. The van der Waals surface area contributed by atoms with E-state index in [0.717, 1.165) is 0 Å². The number of hydrogen-bond acceptors (Lipinski definition) is 11. The van der Waals surface area contributed by atoms with Crippen molar-refractivity contribution >= 4 is 18.0 Å². The molecule has 3 N–H and O–H groups in total. The van der Waals surface area contributed by atoms with E-state index >= 15 is 0 Å². The van der Waals surface area contributed by atoms with Gasteiger partial charge in [0.1, 0.15) is 6.10 Å². The fourth-order valence-electron chi connectivity index (χ4n) is 5.60. The Morgan fingerprint density at radius 2 is 1.53 bits per heavy atom. The van der Waals surface area contributed by atoms with Crippen LogP contribution in [0.2, 0.25) is 0 Å². The number of carbonyl (C=O) groups is 2. The molecule has 0 aromatic heterocycles. The molecule has 0 saturated carbocycles. The van der Waals surface area contributed by atoms with Gasteiger partial charge < -0.3 is 43.7 Å². The van der Waals surface area contributed by atoms with Crippen molar-refractivity contribution in [2.75, 3.05) is 34.5 Å². The molecule has 2 aliphatic rings. The number of phenols is 3. The molecule has 2 saturated heterocycles. The third-order valence-electron chi connectivity index (χ3n) is 7.64. The maximum Gasteiger partial charge on any atom is 0.330 e. The monoisotopic (exact) mass is 592 g/mol. The molecule has 3 aromatic rings. The summed E-state index contributed by atoms with van der Waals surface area (Å²) in [7, 11) is 4.21. The summed E-state index contributed by atoms with van der Waals surface area (Å²) in [5, 5.41) is 32.2. The first-order valence-corrected chi connectivity index (χ1v) is 13.6. The van der Waals surface area contributed by atoms with Gasteiger partial charge in [0.15, 0.2) is 34.5 Å². The lowest BCUT2D eigenvalue weighted by Crippen LogP contribution is -2.18. The molecule has 5 rings (SSSR count). The Morgan fingerprint density at radius 3 is 2.21 bits per heavy atom. The van der Waals surface area contributed by atoms with Crippen molar-refractivity contribution in [3.05, 3.63) is 65.2 Å². The second-order valence-corrected chi connectivity index (χ2v) is 10.1. The number of hydrogen-bond donors (Lipinski definition) is 3. The Hall–Kier alpha value is -4.90. The van der Waals surface area contributed by atoms with Crippen LogP contribution in [0.3, 0.4) is 0 Å². The summed E-state index contributed by atoms with van der Waals surface area (Å²) in [6.07, 6.45) is 1.38. The van der Waals surface area contributed by atoms with Crippen molar-refractivity contribution in [1.82, 2.24) is 0 Å². The highest BCUT2D eigenvalue weighted by Crippen LogP contribution is 2.54. The number of rotatable bonds is 9. The molecule has 2 fully saturated rings. The summed E-state index contributed by atoms with van der Waals surface area (Å²) in [6, 6.07) is 11.1. The molecule has 0 aliphatic carbocycles. The highest BCUT2D eigenvalue weighted by atomic mass is 16.6. The fraction of sp³-hybridized carbons (Fsp3) is 0.312. The number of benzene rings is 3.